The van der Waals surface area contributed by atoms with Gasteiger partial charge in [-0.3, -0.25) is 9.59 Å². The lowest BCUT2D eigenvalue weighted by molar-refractivity contribution is -0.145. The molecule has 0 aromatic heterocycles. The number of rotatable bonds is 11. The van der Waals surface area contributed by atoms with E-state index in [0.29, 0.717) is 12.8 Å². The van der Waals surface area contributed by atoms with E-state index < -0.39 is 35.9 Å². The van der Waals surface area contributed by atoms with Gasteiger partial charge in [0, 0.05) is 6.42 Å². The van der Waals surface area contributed by atoms with Gasteiger partial charge >= 0.3 is 5.97 Å². The van der Waals surface area contributed by atoms with Crippen LogP contribution in [0.5, 0.6) is 0 Å². The molecule has 4 atom stereocenters. The minimum absolute atomic E-state index is 0.155. The second-order valence-electron chi connectivity index (χ2n) is 7.94. The summed E-state index contributed by atoms with van der Waals surface area (Å²) in [5.41, 5.74) is 7.92. The fraction of sp³-hybridized carbons (Fsp3) is 0.400. The smallest absolute Gasteiger partial charge is 0.328 e. The molecule has 0 aliphatic heterocycles. The third-order valence-electron chi connectivity index (χ3n) is 5.51. The van der Waals surface area contributed by atoms with Gasteiger partial charge in [-0.05, 0) is 23.5 Å². The zero-order valence-electron chi connectivity index (χ0n) is 18.9. The van der Waals surface area contributed by atoms with E-state index in [-0.39, 0.29) is 12.3 Å². The Kier molecular flexibility index (Phi) is 9.88. The van der Waals surface area contributed by atoms with Gasteiger partial charge in [0.05, 0.1) is 13.2 Å². The van der Waals surface area contributed by atoms with E-state index in [1.54, 1.807) is 0 Å². The third-order valence-corrected chi connectivity index (χ3v) is 5.51. The van der Waals surface area contributed by atoms with Crippen LogP contribution in [0.25, 0.3) is 0 Å². The topological polar surface area (TPSA) is 111 Å². The molecule has 0 saturated carbocycles. The normalized spacial score (nSPS) is 14.5. The van der Waals surface area contributed by atoms with Crippen molar-refractivity contribution in [3.8, 4) is 0 Å². The van der Waals surface area contributed by atoms with Gasteiger partial charge in [0.2, 0.25) is 11.8 Å². The van der Waals surface area contributed by atoms with E-state index in [1.165, 1.54) is 7.11 Å². The molecular weight excluding hydrogens is 406 g/mol. The van der Waals surface area contributed by atoms with Crippen molar-refractivity contribution in [3.63, 3.8) is 0 Å². The molecule has 0 aliphatic rings. The average molecular weight is 440 g/mol. The summed E-state index contributed by atoms with van der Waals surface area (Å²) in [6, 6.07) is 16.3. The highest BCUT2D eigenvalue weighted by atomic mass is 16.5. The number of methoxy groups -OCH3 is 1. The van der Waals surface area contributed by atoms with Crippen LogP contribution in [0, 0.1) is 5.92 Å². The Morgan fingerprint density at radius 1 is 0.875 bits per heavy atom. The number of carbonyl (C=O) groups excluding carboxylic acids is 3. The molecule has 4 N–H and O–H groups in total. The van der Waals surface area contributed by atoms with Gasteiger partial charge in [0.15, 0.2) is 0 Å². The molecule has 0 fully saturated rings. The second kappa shape index (κ2) is 12.6. The summed E-state index contributed by atoms with van der Waals surface area (Å²) < 4.78 is 4.88. The zero-order valence-corrected chi connectivity index (χ0v) is 18.9. The van der Waals surface area contributed by atoms with E-state index >= 15 is 0 Å². The first-order valence-electron chi connectivity index (χ1n) is 10.9. The van der Waals surface area contributed by atoms with Gasteiger partial charge in [-0.25, -0.2) is 4.79 Å². The lowest BCUT2D eigenvalue weighted by atomic mass is 9.96. The fourth-order valence-corrected chi connectivity index (χ4v) is 3.37. The number of benzene rings is 2. The number of ether oxygens (including phenoxy) is 1. The predicted octanol–water partition coefficient (Wildman–Crippen LogP) is 1.99. The van der Waals surface area contributed by atoms with Crippen LogP contribution in [-0.4, -0.2) is 43.0 Å². The van der Waals surface area contributed by atoms with Crippen molar-refractivity contribution in [2.75, 3.05) is 7.11 Å². The molecular formula is C25H33N3O4. The molecule has 32 heavy (non-hydrogen) atoms. The predicted molar refractivity (Wildman–Crippen MR) is 124 cm³/mol. The van der Waals surface area contributed by atoms with Crippen LogP contribution in [-0.2, 0) is 32.0 Å². The maximum Gasteiger partial charge on any atom is 0.328 e. The summed E-state index contributed by atoms with van der Waals surface area (Å²) in [6.07, 6.45) is 1.31. The first kappa shape index (κ1) is 25.1. The molecule has 7 heteroatoms. The molecule has 7 nitrogen and oxygen atoms in total. The monoisotopic (exact) mass is 439 g/mol. The lowest BCUT2D eigenvalue weighted by Gasteiger charge is -2.27. The Labute approximate surface area is 189 Å². The van der Waals surface area contributed by atoms with Crippen LogP contribution < -0.4 is 16.4 Å². The Morgan fingerprint density at radius 3 is 1.91 bits per heavy atom. The zero-order chi connectivity index (χ0) is 23.5. The van der Waals surface area contributed by atoms with Crippen molar-refractivity contribution >= 4 is 17.8 Å². The summed E-state index contributed by atoms with van der Waals surface area (Å²) in [5.74, 6) is -1.55. The van der Waals surface area contributed by atoms with Gasteiger partial charge in [-0.15, -0.1) is 0 Å². The molecule has 2 aromatic carbocycles. The third kappa shape index (κ3) is 7.50. The quantitative estimate of drug-likeness (QED) is 0.464. The molecule has 0 saturated heterocycles. The lowest BCUT2D eigenvalue weighted by Crippen LogP contribution is -2.57. The Balaban J connectivity index is 2.09. The molecule has 0 bridgehead atoms. The molecule has 172 valence electrons. The first-order chi connectivity index (χ1) is 15.3. The van der Waals surface area contributed by atoms with Crippen molar-refractivity contribution < 1.29 is 19.1 Å². The highest BCUT2D eigenvalue weighted by molar-refractivity contribution is 5.92. The largest absolute Gasteiger partial charge is 0.467 e. The summed E-state index contributed by atoms with van der Waals surface area (Å²) in [7, 11) is 1.28. The number of hydrogen-bond acceptors (Lipinski definition) is 5. The van der Waals surface area contributed by atoms with Gasteiger partial charge in [-0.2, -0.15) is 0 Å². The van der Waals surface area contributed by atoms with E-state index in [9.17, 15) is 14.4 Å². The summed E-state index contributed by atoms with van der Waals surface area (Å²) in [4.78, 5) is 38.2. The van der Waals surface area contributed by atoms with Gasteiger partial charge in [0.1, 0.15) is 12.1 Å². The number of nitrogens with two attached hydrogens (primary N) is 1. The summed E-state index contributed by atoms with van der Waals surface area (Å²) in [6.45, 7) is 3.81. The Hall–Kier alpha value is -3.19. The minimum atomic E-state index is -0.864. The number of esters is 1. The molecule has 0 heterocycles. The van der Waals surface area contributed by atoms with E-state index in [0.717, 1.165) is 11.1 Å². The molecule has 2 aromatic rings. The van der Waals surface area contributed by atoms with Gasteiger partial charge < -0.3 is 21.1 Å². The highest BCUT2D eigenvalue weighted by Crippen LogP contribution is 2.11. The molecule has 0 unspecified atom stereocenters. The van der Waals surface area contributed by atoms with Crippen molar-refractivity contribution in [3.05, 3.63) is 71.8 Å². The molecule has 0 radical (unpaired) electrons. The number of amides is 2. The first-order valence-corrected chi connectivity index (χ1v) is 10.9. The van der Waals surface area contributed by atoms with Gasteiger partial charge in [0.25, 0.3) is 0 Å². The maximum atomic E-state index is 13.1. The number of hydrogen-bond donors (Lipinski definition) is 3. The van der Waals surface area contributed by atoms with Crippen LogP contribution in [0.3, 0.4) is 0 Å². The fourth-order valence-electron chi connectivity index (χ4n) is 3.37. The van der Waals surface area contributed by atoms with E-state index in [2.05, 4.69) is 10.6 Å². The van der Waals surface area contributed by atoms with Crippen LogP contribution in [0.2, 0.25) is 0 Å². The van der Waals surface area contributed by atoms with Gasteiger partial charge in [-0.1, -0.05) is 80.9 Å². The van der Waals surface area contributed by atoms with E-state index in [4.69, 9.17) is 10.5 Å². The number of carbonyl (C=O) groups is 3. The van der Waals surface area contributed by atoms with Crippen molar-refractivity contribution in [1.29, 1.82) is 0 Å². The van der Waals surface area contributed by atoms with Crippen LogP contribution >= 0.6 is 0 Å². The Bertz CT molecular complexity index is 873. The van der Waals surface area contributed by atoms with Crippen molar-refractivity contribution in [2.24, 2.45) is 11.7 Å². The summed E-state index contributed by atoms with van der Waals surface area (Å²) >= 11 is 0. The van der Waals surface area contributed by atoms with Crippen LogP contribution in [0.4, 0.5) is 0 Å². The highest BCUT2D eigenvalue weighted by Gasteiger charge is 2.31. The second-order valence-corrected chi connectivity index (χ2v) is 7.94. The SMILES string of the molecule is CC[C@H](C)[C@H](NC(=O)[C@@H](N)Cc1ccccc1)C(=O)N[C@@H](Cc1ccccc1)C(=O)OC. The summed E-state index contributed by atoms with van der Waals surface area (Å²) in [5, 5.41) is 5.54. The van der Waals surface area contributed by atoms with Crippen LogP contribution in [0.1, 0.15) is 31.4 Å². The van der Waals surface area contributed by atoms with E-state index in [1.807, 2.05) is 74.5 Å². The minimum Gasteiger partial charge on any atom is -0.467 e. The van der Waals surface area contributed by atoms with Crippen molar-refractivity contribution in [1.82, 2.24) is 10.6 Å². The Morgan fingerprint density at radius 2 is 1.41 bits per heavy atom. The standard InChI is InChI=1S/C25H33N3O4/c1-4-17(2)22(28-23(29)20(26)15-18-11-7-5-8-12-18)24(30)27-21(25(31)32-3)16-19-13-9-6-10-14-19/h5-14,17,20-22H,4,15-16,26H2,1-3H3,(H,27,30)(H,28,29)/t17-,20-,21-,22-/m0/s1. The maximum absolute atomic E-state index is 13.1. The molecule has 0 aliphatic carbocycles. The molecule has 2 amide bonds. The molecule has 0 spiro atoms. The number of nitrogens with one attached hydrogen (secondary N) is 2. The molecule has 2 rings (SSSR count). The van der Waals surface area contributed by atoms with Crippen LogP contribution in [0.15, 0.2) is 60.7 Å². The average Bonchev–Trinajstić information content (AvgIpc) is 2.82. The van der Waals surface area contributed by atoms with Crippen molar-refractivity contribution in [2.45, 2.75) is 51.2 Å².